The van der Waals surface area contributed by atoms with E-state index >= 15 is 0 Å². The molecule has 3 heteroatoms. The summed E-state index contributed by atoms with van der Waals surface area (Å²) < 4.78 is 5.01. The molecule has 0 atom stereocenters. The average molecular weight is 693 g/mol. The zero-order valence-corrected chi connectivity index (χ0v) is 29.6. The molecule has 2 heterocycles. The van der Waals surface area contributed by atoms with Crippen LogP contribution in [0.25, 0.3) is 80.3 Å². The molecule has 53 heavy (non-hydrogen) atoms. The van der Waals surface area contributed by atoms with Gasteiger partial charge < -0.3 is 9.47 Å². The second-order valence-corrected chi connectivity index (χ2v) is 14.8. The van der Waals surface area contributed by atoms with Gasteiger partial charge in [0.05, 0.1) is 16.7 Å². The standard InChI is InChI=1S/C50H32N2S/c1-3-13-33(14-4-1)39-26-27-47(41-20-10-9-19-40(39)41)51(37-24-28-49-45(31-37)44-29-34-15-7-8-16-35(34)30-50(44)53-49)38-23-25-43-42-21-11-12-22-46(42)52(48(43)32-38)36-17-5-2-6-18-36/h1-32H. The normalized spacial score (nSPS) is 11.8. The molecule has 0 saturated heterocycles. The number of thiophene rings is 1. The fraction of sp³-hybridized carbons (Fsp3) is 0. The van der Waals surface area contributed by atoms with Crippen LogP contribution in [0.4, 0.5) is 17.1 Å². The highest BCUT2D eigenvalue weighted by Gasteiger charge is 2.21. The first kappa shape index (κ1) is 30.0. The molecule has 0 unspecified atom stereocenters. The molecule has 9 aromatic carbocycles. The Morgan fingerprint density at radius 2 is 1.00 bits per heavy atom. The van der Waals surface area contributed by atoms with Gasteiger partial charge in [-0.15, -0.1) is 11.3 Å². The van der Waals surface area contributed by atoms with Crippen molar-refractivity contribution in [1.82, 2.24) is 4.57 Å². The first-order valence-corrected chi connectivity index (χ1v) is 18.9. The molecule has 0 spiro atoms. The van der Waals surface area contributed by atoms with Crippen LogP contribution in [-0.2, 0) is 0 Å². The summed E-state index contributed by atoms with van der Waals surface area (Å²) >= 11 is 1.87. The monoisotopic (exact) mass is 692 g/mol. The maximum Gasteiger partial charge on any atom is 0.0561 e. The lowest BCUT2D eigenvalue weighted by Crippen LogP contribution is -2.11. The van der Waals surface area contributed by atoms with E-state index in [9.17, 15) is 0 Å². The Morgan fingerprint density at radius 3 is 1.83 bits per heavy atom. The minimum absolute atomic E-state index is 1.11. The van der Waals surface area contributed by atoms with E-state index in [4.69, 9.17) is 0 Å². The molecule has 0 saturated carbocycles. The van der Waals surface area contributed by atoms with Crippen LogP contribution in [0.2, 0.25) is 0 Å². The molecule has 0 radical (unpaired) electrons. The van der Waals surface area contributed by atoms with Gasteiger partial charge in [-0.3, -0.25) is 0 Å². The van der Waals surface area contributed by atoms with Gasteiger partial charge in [0.25, 0.3) is 0 Å². The van der Waals surface area contributed by atoms with Crippen molar-refractivity contribution in [2.45, 2.75) is 0 Å². The Balaban J connectivity index is 1.20. The summed E-state index contributed by atoms with van der Waals surface area (Å²) in [5.74, 6) is 0. The van der Waals surface area contributed by atoms with Crippen LogP contribution in [-0.4, -0.2) is 4.57 Å². The van der Waals surface area contributed by atoms with E-state index in [0.717, 1.165) is 22.7 Å². The molecule has 0 aliphatic heterocycles. The molecular weight excluding hydrogens is 661 g/mol. The zero-order chi connectivity index (χ0) is 34.9. The molecular formula is C50H32N2S. The Bertz CT molecular complexity index is 3170. The third kappa shape index (κ3) is 4.78. The zero-order valence-electron chi connectivity index (χ0n) is 28.8. The summed E-state index contributed by atoms with van der Waals surface area (Å²) in [7, 11) is 0. The van der Waals surface area contributed by atoms with Crippen molar-refractivity contribution >= 4 is 91.9 Å². The lowest BCUT2D eigenvalue weighted by molar-refractivity contribution is 1.18. The third-order valence-electron chi connectivity index (χ3n) is 10.7. The van der Waals surface area contributed by atoms with Crippen LogP contribution >= 0.6 is 11.3 Å². The number of aromatic nitrogens is 1. The van der Waals surface area contributed by atoms with E-state index in [2.05, 4.69) is 204 Å². The fourth-order valence-corrected chi connectivity index (χ4v) is 9.43. The summed E-state index contributed by atoms with van der Waals surface area (Å²) in [6, 6.07) is 71.1. The van der Waals surface area contributed by atoms with Gasteiger partial charge >= 0.3 is 0 Å². The summed E-state index contributed by atoms with van der Waals surface area (Å²) in [4.78, 5) is 2.47. The van der Waals surface area contributed by atoms with Crippen molar-refractivity contribution in [2.75, 3.05) is 4.90 Å². The molecule has 248 valence electrons. The largest absolute Gasteiger partial charge is 0.310 e. The van der Waals surface area contributed by atoms with Gasteiger partial charge in [-0.05, 0) is 94.0 Å². The number of fused-ring (bicyclic) bond motifs is 8. The van der Waals surface area contributed by atoms with Crippen LogP contribution in [0.5, 0.6) is 0 Å². The van der Waals surface area contributed by atoms with Crippen LogP contribution in [0.15, 0.2) is 194 Å². The van der Waals surface area contributed by atoms with Crippen LogP contribution in [0, 0.1) is 0 Å². The van der Waals surface area contributed by atoms with E-state index in [-0.39, 0.29) is 0 Å². The van der Waals surface area contributed by atoms with Crippen molar-refractivity contribution in [3.8, 4) is 16.8 Å². The summed E-state index contributed by atoms with van der Waals surface area (Å²) in [6.07, 6.45) is 0. The molecule has 0 fully saturated rings. The second kappa shape index (κ2) is 11.9. The Hall–Kier alpha value is -6.68. The van der Waals surface area contributed by atoms with E-state index < -0.39 is 0 Å². The second-order valence-electron chi connectivity index (χ2n) is 13.7. The first-order valence-electron chi connectivity index (χ1n) is 18.1. The van der Waals surface area contributed by atoms with E-state index in [1.165, 1.54) is 74.6 Å². The summed E-state index contributed by atoms with van der Waals surface area (Å²) in [5.41, 5.74) is 9.37. The van der Waals surface area contributed by atoms with Crippen LogP contribution in [0.1, 0.15) is 0 Å². The van der Waals surface area contributed by atoms with Crippen LogP contribution < -0.4 is 4.90 Å². The smallest absolute Gasteiger partial charge is 0.0561 e. The van der Waals surface area contributed by atoms with Gasteiger partial charge in [-0.1, -0.05) is 127 Å². The number of nitrogens with zero attached hydrogens (tertiary/aromatic N) is 2. The molecule has 11 rings (SSSR count). The molecule has 0 bridgehead atoms. The Labute approximate surface area is 311 Å². The van der Waals surface area contributed by atoms with Gasteiger partial charge in [0.15, 0.2) is 0 Å². The van der Waals surface area contributed by atoms with Crippen molar-refractivity contribution in [3.05, 3.63) is 194 Å². The molecule has 11 aromatic rings. The number of para-hydroxylation sites is 2. The van der Waals surface area contributed by atoms with Gasteiger partial charge in [0.2, 0.25) is 0 Å². The highest BCUT2D eigenvalue weighted by atomic mass is 32.1. The van der Waals surface area contributed by atoms with Crippen molar-refractivity contribution in [3.63, 3.8) is 0 Å². The third-order valence-corrected chi connectivity index (χ3v) is 11.9. The molecule has 2 nitrogen and oxygen atoms in total. The minimum Gasteiger partial charge on any atom is -0.310 e. The maximum atomic E-state index is 2.47. The molecule has 2 aromatic heterocycles. The van der Waals surface area contributed by atoms with E-state index in [1.807, 2.05) is 11.3 Å². The quantitative estimate of drug-likeness (QED) is 0.174. The number of hydrogen-bond donors (Lipinski definition) is 0. The lowest BCUT2D eigenvalue weighted by Gasteiger charge is -2.28. The molecule has 0 N–H and O–H groups in total. The van der Waals surface area contributed by atoms with E-state index in [0.29, 0.717) is 0 Å². The summed E-state index contributed by atoms with van der Waals surface area (Å²) in [5, 5.41) is 10.1. The predicted molar refractivity (Wildman–Crippen MR) is 229 cm³/mol. The van der Waals surface area contributed by atoms with Crippen molar-refractivity contribution < 1.29 is 0 Å². The van der Waals surface area contributed by atoms with Crippen molar-refractivity contribution in [2.24, 2.45) is 0 Å². The van der Waals surface area contributed by atoms with Crippen molar-refractivity contribution in [1.29, 1.82) is 0 Å². The molecule has 0 aliphatic rings. The SMILES string of the molecule is c1ccc(-c2ccc(N(c3ccc4sc5cc6ccccc6cc5c4c3)c3ccc4c5ccccc5n(-c5ccccc5)c4c3)c3ccccc23)cc1. The Kier molecular flexibility index (Phi) is 6.76. The minimum atomic E-state index is 1.11. The van der Waals surface area contributed by atoms with Gasteiger partial charge in [-0.2, -0.15) is 0 Å². The number of anilines is 3. The average Bonchev–Trinajstić information content (AvgIpc) is 3.75. The fourth-order valence-electron chi connectivity index (χ4n) is 8.32. The topological polar surface area (TPSA) is 8.17 Å². The maximum absolute atomic E-state index is 2.47. The highest BCUT2D eigenvalue weighted by molar-refractivity contribution is 7.25. The number of rotatable bonds is 5. The highest BCUT2D eigenvalue weighted by Crippen LogP contribution is 2.46. The van der Waals surface area contributed by atoms with Gasteiger partial charge in [-0.25, -0.2) is 0 Å². The van der Waals surface area contributed by atoms with E-state index in [1.54, 1.807) is 0 Å². The predicted octanol–water partition coefficient (Wildman–Crippen LogP) is 14.6. The lowest BCUT2D eigenvalue weighted by atomic mass is 9.96. The number of benzene rings is 9. The molecule has 0 amide bonds. The summed E-state index contributed by atoms with van der Waals surface area (Å²) in [6.45, 7) is 0. The van der Waals surface area contributed by atoms with Gasteiger partial charge in [0.1, 0.15) is 0 Å². The molecule has 0 aliphatic carbocycles. The Morgan fingerprint density at radius 1 is 0.377 bits per heavy atom. The first-order chi connectivity index (χ1) is 26.3. The van der Waals surface area contributed by atoms with Crippen LogP contribution in [0.3, 0.4) is 0 Å². The number of hydrogen-bond acceptors (Lipinski definition) is 2. The van der Waals surface area contributed by atoms with Gasteiger partial charge in [0, 0.05) is 53.4 Å².